The van der Waals surface area contributed by atoms with Crippen LogP contribution >= 0.6 is 23.1 Å². The molecule has 2 rings (SSSR count). The Morgan fingerprint density at radius 3 is 3.16 bits per heavy atom. The van der Waals surface area contributed by atoms with Crippen LogP contribution in [0.3, 0.4) is 0 Å². The Morgan fingerprint density at radius 2 is 2.47 bits per heavy atom. The molecular weight excluding hydrogens is 278 g/mol. The quantitative estimate of drug-likeness (QED) is 0.840. The highest BCUT2D eigenvalue weighted by molar-refractivity contribution is 8.00. The molecule has 1 aromatic rings. The van der Waals surface area contributed by atoms with Crippen molar-refractivity contribution in [3.8, 4) is 11.8 Å². The molecule has 5 heteroatoms. The van der Waals surface area contributed by atoms with E-state index in [1.54, 1.807) is 11.4 Å². The number of thiophene rings is 1. The van der Waals surface area contributed by atoms with Crippen molar-refractivity contribution in [3.63, 3.8) is 0 Å². The van der Waals surface area contributed by atoms with Gasteiger partial charge in [0.1, 0.15) is 6.61 Å². The Labute approximate surface area is 121 Å². The van der Waals surface area contributed by atoms with Gasteiger partial charge in [-0.1, -0.05) is 11.8 Å². The standard InChI is InChI=1S/C14H17NO2S2/c1-14(5-3-7-19-14)10-15-13(17)11-8-12(18-9-11)4-2-6-16/h8-9,16H,3,5-7,10H2,1H3,(H,15,17). The molecule has 0 spiro atoms. The second-order valence-electron chi connectivity index (χ2n) is 4.74. The number of carbonyl (C=O) groups excluding carboxylic acids is 1. The number of carbonyl (C=O) groups is 1. The van der Waals surface area contributed by atoms with Crippen molar-refractivity contribution in [3.05, 3.63) is 21.9 Å². The topological polar surface area (TPSA) is 49.3 Å². The van der Waals surface area contributed by atoms with E-state index in [4.69, 9.17) is 5.11 Å². The fourth-order valence-electron chi connectivity index (χ4n) is 1.99. The lowest BCUT2D eigenvalue weighted by Crippen LogP contribution is -2.36. The first-order valence-corrected chi connectivity index (χ1v) is 8.10. The maximum atomic E-state index is 12.0. The van der Waals surface area contributed by atoms with Crippen LogP contribution in [0, 0.1) is 11.8 Å². The van der Waals surface area contributed by atoms with Gasteiger partial charge in [-0.25, -0.2) is 0 Å². The van der Waals surface area contributed by atoms with Gasteiger partial charge in [-0.15, -0.1) is 11.3 Å². The van der Waals surface area contributed by atoms with Crippen molar-refractivity contribution >= 4 is 29.0 Å². The smallest absolute Gasteiger partial charge is 0.252 e. The number of thioether (sulfide) groups is 1. The molecule has 0 aliphatic carbocycles. The van der Waals surface area contributed by atoms with Crippen LogP contribution < -0.4 is 5.32 Å². The van der Waals surface area contributed by atoms with Crippen LogP contribution in [0.1, 0.15) is 35.0 Å². The molecule has 1 fully saturated rings. The van der Waals surface area contributed by atoms with Crippen molar-refractivity contribution in [1.82, 2.24) is 5.32 Å². The lowest BCUT2D eigenvalue weighted by molar-refractivity contribution is 0.0950. The van der Waals surface area contributed by atoms with Crippen molar-refractivity contribution in [2.75, 3.05) is 18.9 Å². The number of nitrogens with one attached hydrogen (secondary N) is 1. The summed E-state index contributed by atoms with van der Waals surface area (Å²) in [7, 11) is 0. The molecule has 2 N–H and O–H groups in total. The van der Waals surface area contributed by atoms with Gasteiger partial charge in [-0.05, 0) is 31.6 Å². The first-order valence-electron chi connectivity index (χ1n) is 6.23. The lowest BCUT2D eigenvalue weighted by atomic mass is 10.1. The molecule has 1 aliphatic heterocycles. The van der Waals surface area contributed by atoms with Crippen LogP contribution in [0.4, 0.5) is 0 Å². The number of amides is 1. The van der Waals surface area contributed by atoms with Crippen LogP contribution in [0.25, 0.3) is 0 Å². The highest BCUT2D eigenvalue weighted by Crippen LogP contribution is 2.37. The summed E-state index contributed by atoms with van der Waals surface area (Å²) in [6, 6.07) is 1.77. The number of hydrogen-bond acceptors (Lipinski definition) is 4. The second kappa shape index (κ2) is 6.47. The summed E-state index contributed by atoms with van der Waals surface area (Å²) in [4.78, 5) is 12.8. The molecule has 0 radical (unpaired) electrons. The van der Waals surface area contributed by atoms with E-state index in [1.807, 2.05) is 11.8 Å². The fraction of sp³-hybridized carbons (Fsp3) is 0.500. The summed E-state index contributed by atoms with van der Waals surface area (Å²) in [5.74, 6) is 6.54. The van der Waals surface area contributed by atoms with E-state index in [9.17, 15) is 4.79 Å². The average Bonchev–Trinajstić information content (AvgIpc) is 3.03. The van der Waals surface area contributed by atoms with E-state index >= 15 is 0 Å². The fourth-order valence-corrected chi connectivity index (χ4v) is 3.99. The summed E-state index contributed by atoms with van der Waals surface area (Å²) in [5, 5.41) is 13.4. The van der Waals surface area contributed by atoms with Crippen LogP contribution in [0.15, 0.2) is 11.4 Å². The van der Waals surface area contributed by atoms with Crippen molar-refractivity contribution in [1.29, 1.82) is 0 Å². The third kappa shape index (κ3) is 4.00. The van der Waals surface area contributed by atoms with Crippen molar-refractivity contribution in [2.24, 2.45) is 0 Å². The Bertz CT molecular complexity index is 507. The molecule has 102 valence electrons. The molecule has 3 nitrogen and oxygen atoms in total. The number of aliphatic hydroxyl groups excluding tert-OH is 1. The molecule has 0 bridgehead atoms. The maximum absolute atomic E-state index is 12.0. The van der Waals surface area contributed by atoms with Crippen LogP contribution in [0.5, 0.6) is 0 Å². The molecule has 2 heterocycles. The van der Waals surface area contributed by atoms with E-state index in [-0.39, 0.29) is 17.3 Å². The Morgan fingerprint density at radius 1 is 1.63 bits per heavy atom. The highest BCUT2D eigenvalue weighted by Gasteiger charge is 2.29. The van der Waals surface area contributed by atoms with Crippen molar-refractivity contribution < 1.29 is 9.90 Å². The van der Waals surface area contributed by atoms with E-state index in [2.05, 4.69) is 24.1 Å². The number of aliphatic hydroxyl groups is 1. The van der Waals surface area contributed by atoms with Gasteiger partial charge in [-0.2, -0.15) is 11.8 Å². The Hall–Kier alpha value is -0.960. The summed E-state index contributed by atoms with van der Waals surface area (Å²) in [6.07, 6.45) is 2.39. The highest BCUT2D eigenvalue weighted by atomic mass is 32.2. The Balaban J connectivity index is 1.91. The van der Waals surface area contributed by atoms with Gasteiger partial charge < -0.3 is 10.4 Å². The summed E-state index contributed by atoms with van der Waals surface area (Å²) < 4.78 is 0.186. The van der Waals surface area contributed by atoms with E-state index < -0.39 is 0 Å². The SMILES string of the molecule is CC1(CNC(=O)c2csc(C#CCO)c2)CCCS1. The van der Waals surface area contributed by atoms with Gasteiger partial charge in [-0.3, -0.25) is 4.79 Å². The first kappa shape index (κ1) is 14.4. The predicted octanol–water partition coefficient (Wildman–Crippen LogP) is 2.11. The molecule has 1 unspecified atom stereocenters. The number of rotatable bonds is 3. The molecule has 1 saturated heterocycles. The van der Waals surface area contributed by atoms with Crippen LogP contribution in [0.2, 0.25) is 0 Å². The summed E-state index contributed by atoms with van der Waals surface area (Å²) in [5.41, 5.74) is 0.652. The van der Waals surface area contributed by atoms with Gasteiger partial charge >= 0.3 is 0 Å². The molecule has 19 heavy (non-hydrogen) atoms. The minimum atomic E-state index is -0.158. The molecule has 1 amide bonds. The molecular formula is C14H17NO2S2. The lowest BCUT2D eigenvalue weighted by Gasteiger charge is -2.22. The molecule has 1 aliphatic rings. The predicted molar refractivity (Wildman–Crippen MR) is 80.7 cm³/mol. The minimum absolute atomic E-state index is 0.0398. The van der Waals surface area contributed by atoms with E-state index in [1.165, 1.54) is 23.5 Å². The monoisotopic (exact) mass is 295 g/mol. The zero-order valence-corrected chi connectivity index (χ0v) is 12.5. The summed E-state index contributed by atoms with van der Waals surface area (Å²) in [6.45, 7) is 2.76. The second-order valence-corrected chi connectivity index (χ2v) is 7.34. The third-order valence-electron chi connectivity index (χ3n) is 3.08. The van der Waals surface area contributed by atoms with Gasteiger partial charge in [0, 0.05) is 16.7 Å². The molecule has 0 aromatic carbocycles. The Kier molecular flexibility index (Phi) is 4.92. The molecule has 1 atom stereocenters. The molecule has 0 saturated carbocycles. The number of hydrogen-bond donors (Lipinski definition) is 2. The first-order chi connectivity index (χ1) is 9.13. The zero-order chi connectivity index (χ0) is 13.7. The normalized spacial score (nSPS) is 21.8. The van der Waals surface area contributed by atoms with Gasteiger partial charge in [0.05, 0.1) is 10.4 Å². The van der Waals surface area contributed by atoms with Crippen LogP contribution in [-0.2, 0) is 0 Å². The van der Waals surface area contributed by atoms with Gasteiger partial charge in [0.25, 0.3) is 5.91 Å². The largest absolute Gasteiger partial charge is 0.384 e. The summed E-state index contributed by atoms with van der Waals surface area (Å²) >= 11 is 3.36. The van der Waals surface area contributed by atoms with E-state index in [0.29, 0.717) is 12.1 Å². The van der Waals surface area contributed by atoms with Gasteiger partial charge in [0.15, 0.2) is 0 Å². The van der Waals surface area contributed by atoms with Gasteiger partial charge in [0.2, 0.25) is 0 Å². The average molecular weight is 295 g/mol. The maximum Gasteiger partial charge on any atom is 0.252 e. The molecule has 1 aromatic heterocycles. The third-order valence-corrected chi connectivity index (χ3v) is 5.46. The van der Waals surface area contributed by atoms with Crippen LogP contribution in [-0.4, -0.2) is 34.7 Å². The van der Waals surface area contributed by atoms with Crippen molar-refractivity contribution in [2.45, 2.75) is 24.5 Å². The minimum Gasteiger partial charge on any atom is -0.384 e. The zero-order valence-electron chi connectivity index (χ0n) is 10.9. The van der Waals surface area contributed by atoms with E-state index in [0.717, 1.165) is 11.3 Å².